The van der Waals surface area contributed by atoms with Crippen molar-refractivity contribution in [3.05, 3.63) is 82.6 Å². The topological polar surface area (TPSA) is 33.7 Å². The summed E-state index contributed by atoms with van der Waals surface area (Å²) in [5.74, 6) is 0.923. The zero-order chi connectivity index (χ0) is 22.3. The van der Waals surface area contributed by atoms with Crippen LogP contribution in [0.4, 0.5) is 15.8 Å². The molecule has 1 aliphatic heterocycles. The van der Waals surface area contributed by atoms with Crippen LogP contribution in [0.5, 0.6) is 11.5 Å². The predicted octanol–water partition coefficient (Wildman–Crippen LogP) is 6.67. The number of piperidine rings is 1. The van der Waals surface area contributed by atoms with Gasteiger partial charge in [-0.15, -0.1) is 0 Å². The fourth-order valence-corrected chi connectivity index (χ4v) is 4.30. The first-order valence-electron chi connectivity index (χ1n) is 11.0. The van der Waals surface area contributed by atoms with Crippen molar-refractivity contribution in [2.75, 3.05) is 30.4 Å². The van der Waals surface area contributed by atoms with Crippen LogP contribution in [-0.4, -0.2) is 20.2 Å². The molecule has 1 saturated heterocycles. The van der Waals surface area contributed by atoms with Crippen LogP contribution in [0, 0.1) is 5.82 Å². The van der Waals surface area contributed by atoms with Crippen molar-refractivity contribution < 1.29 is 13.9 Å². The molecule has 1 N–H and O–H groups in total. The monoisotopic (exact) mass is 454 g/mol. The summed E-state index contributed by atoms with van der Waals surface area (Å²) in [6, 6.07) is 18.4. The van der Waals surface area contributed by atoms with Crippen LogP contribution >= 0.6 is 11.6 Å². The van der Waals surface area contributed by atoms with Crippen LogP contribution in [0.1, 0.15) is 30.4 Å². The van der Waals surface area contributed by atoms with E-state index in [-0.39, 0.29) is 12.4 Å². The number of anilines is 2. The van der Waals surface area contributed by atoms with Gasteiger partial charge in [0.25, 0.3) is 0 Å². The molecule has 6 heteroatoms. The van der Waals surface area contributed by atoms with Crippen LogP contribution in [0.3, 0.4) is 0 Å². The van der Waals surface area contributed by atoms with Crippen LogP contribution in [-0.2, 0) is 13.2 Å². The summed E-state index contributed by atoms with van der Waals surface area (Å²) in [6.45, 7) is 2.75. The molecular formula is C26H28ClFN2O2. The SMILES string of the molecule is COc1cccc(CNc2ccc(N3CCCCC3)c(Cl)c2)c1OCc1ccccc1F. The third-order valence-electron chi connectivity index (χ3n) is 5.74. The van der Waals surface area contributed by atoms with E-state index < -0.39 is 0 Å². The number of benzene rings is 3. The van der Waals surface area contributed by atoms with Gasteiger partial charge in [0, 0.05) is 36.4 Å². The van der Waals surface area contributed by atoms with Crippen LogP contribution in [0.25, 0.3) is 0 Å². The maximum Gasteiger partial charge on any atom is 0.166 e. The van der Waals surface area contributed by atoms with Gasteiger partial charge in [0.1, 0.15) is 12.4 Å². The van der Waals surface area contributed by atoms with E-state index in [0.717, 1.165) is 35.1 Å². The largest absolute Gasteiger partial charge is 0.493 e. The summed E-state index contributed by atoms with van der Waals surface area (Å²) in [7, 11) is 1.60. The van der Waals surface area contributed by atoms with E-state index in [1.54, 1.807) is 25.3 Å². The second kappa shape index (κ2) is 10.6. The Bertz CT molecular complexity index is 1050. The van der Waals surface area contributed by atoms with E-state index in [1.807, 2.05) is 24.3 Å². The zero-order valence-electron chi connectivity index (χ0n) is 18.2. The molecule has 4 rings (SSSR count). The molecule has 0 atom stereocenters. The molecule has 0 saturated carbocycles. The maximum absolute atomic E-state index is 14.0. The fraction of sp³-hybridized carbons (Fsp3) is 0.308. The molecule has 3 aromatic rings. The van der Waals surface area contributed by atoms with E-state index >= 15 is 0 Å². The minimum Gasteiger partial charge on any atom is -0.493 e. The molecule has 1 heterocycles. The summed E-state index contributed by atoms with van der Waals surface area (Å²) < 4.78 is 25.5. The number of halogens is 2. The highest BCUT2D eigenvalue weighted by Crippen LogP contribution is 2.34. The van der Waals surface area contributed by atoms with Gasteiger partial charge < -0.3 is 19.7 Å². The molecule has 0 bridgehead atoms. The summed E-state index contributed by atoms with van der Waals surface area (Å²) in [6.07, 6.45) is 3.71. The standard InChI is InChI=1S/C26H28ClFN2O2/c1-31-25-11-7-9-19(26(25)32-18-20-8-3-4-10-23(20)28)17-29-21-12-13-24(22(27)16-21)30-14-5-2-6-15-30/h3-4,7-13,16,29H,2,5-6,14-15,17-18H2,1H3. The lowest BCUT2D eigenvalue weighted by Crippen LogP contribution is -2.29. The normalized spacial score (nSPS) is 13.7. The molecule has 168 valence electrons. The quantitative estimate of drug-likeness (QED) is 0.412. The van der Waals surface area contributed by atoms with Crippen molar-refractivity contribution in [3.63, 3.8) is 0 Å². The minimum absolute atomic E-state index is 0.121. The second-order valence-corrected chi connectivity index (χ2v) is 8.30. The number of hydrogen-bond donors (Lipinski definition) is 1. The first-order valence-corrected chi connectivity index (χ1v) is 11.3. The molecule has 0 unspecified atom stereocenters. The van der Waals surface area contributed by atoms with Gasteiger partial charge in [0.15, 0.2) is 11.5 Å². The third-order valence-corrected chi connectivity index (χ3v) is 6.04. The Hall–Kier alpha value is -2.92. The number of methoxy groups -OCH3 is 1. The number of para-hydroxylation sites is 1. The smallest absolute Gasteiger partial charge is 0.166 e. The highest BCUT2D eigenvalue weighted by atomic mass is 35.5. The average molecular weight is 455 g/mol. The Labute approximate surface area is 193 Å². The Balaban J connectivity index is 1.47. The van der Waals surface area contributed by atoms with Crippen molar-refractivity contribution in [3.8, 4) is 11.5 Å². The molecule has 0 aromatic heterocycles. The molecule has 4 nitrogen and oxygen atoms in total. The molecule has 32 heavy (non-hydrogen) atoms. The van der Waals surface area contributed by atoms with Gasteiger partial charge >= 0.3 is 0 Å². The first-order chi connectivity index (χ1) is 15.7. The number of rotatable bonds is 8. The van der Waals surface area contributed by atoms with Gasteiger partial charge in [0.05, 0.1) is 17.8 Å². The molecule has 0 aliphatic carbocycles. The van der Waals surface area contributed by atoms with Crippen molar-refractivity contribution in [1.29, 1.82) is 0 Å². The van der Waals surface area contributed by atoms with E-state index in [4.69, 9.17) is 21.1 Å². The van der Waals surface area contributed by atoms with Gasteiger partial charge in [-0.05, 0) is 49.6 Å². The molecule has 3 aromatic carbocycles. The van der Waals surface area contributed by atoms with E-state index in [9.17, 15) is 4.39 Å². The maximum atomic E-state index is 14.0. The lowest BCUT2D eigenvalue weighted by Gasteiger charge is -2.29. The van der Waals surface area contributed by atoms with Gasteiger partial charge in [-0.2, -0.15) is 0 Å². The third kappa shape index (κ3) is 5.28. The number of nitrogens with one attached hydrogen (secondary N) is 1. The fourth-order valence-electron chi connectivity index (χ4n) is 4.00. The Morgan fingerprint density at radius 1 is 0.969 bits per heavy atom. The molecule has 0 amide bonds. The number of hydrogen-bond acceptors (Lipinski definition) is 4. The summed E-state index contributed by atoms with van der Waals surface area (Å²) in [5, 5.41) is 4.17. The highest BCUT2D eigenvalue weighted by molar-refractivity contribution is 6.33. The predicted molar refractivity (Wildman–Crippen MR) is 129 cm³/mol. The van der Waals surface area contributed by atoms with Crippen molar-refractivity contribution in [1.82, 2.24) is 0 Å². The second-order valence-electron chi connectivity index (χ2n) is 7.90. The van der Waals surface area contributed by atoms with Gasteiger partial charge in [-0.1, -0.05) is 41.9 Å². The van der Waals surface area contributed by atoms with Gasteiger partial charge in [0.2, 0.25) is 0 Å². The first kappa shape index (κ1) is 22.3. The van der Waals surface area contributed by atoms with E-state index in [0.29, 0.717) is 23.6 Å². The van der Waals surface area contributed by atoms with Crippen molar-refractivity contribution in [2.45, 2.75) is 32.4 Å². The van der Waals surface area contributed by atoms with E-state index in [1.165, 1.54) is 25.3 Å². The van der Waals surface area contributed by atoms with Crippen LogP contribution in [0.15, 0.2) is 60.7 Å². The Morgan fingerprint density at radius 3 is 2.50 bits per heavy atom. The lowest BCUT2D eigenvalue weighted by atomic mass is 10.1. The molecule has 1 fully saturated rings. The van der Waals surface area contributed by atoms with Crippen LogP contribution in [0.2, 0.25) is 5.02 Å². The molecular weight excluding hydrogens is 427 g/mol. The molecule has 0 radical (unpaired) electrons. The van der Waals surface area contributed by atoms with Gasteiger partial charge in [-0.3, -0.25) is 0 Å². The summed E-state index contributed by atoms with van der Waals surface area (Å²) >= 11 is 6.59. The van der Waals surface area contributed by atoms with Crippen molar-refractivity contribution >= 4 is 23.0 Å². The zero-order valence-corrected chi connectivity index (χ0v) is 19.0. The average Bonchev–Trinajstić information content (AvgIpc) is 2.83. The summed E-state index contributed by atoms with van der Waals surface area (Å²) in [5.41, 5.74) is 3.43. The highest BCUT2D eigenvalue weighted by Gasteiger charge is 2.15. The summed E-state index contributed by atoms with van der Waals surface area (Å²) in [4.78, 5) is 2.35. The molecule has 0 spiro atoms. The number of ether oxygens (including phenoxy) is 2. The Kier molecular flexibility index (Phi) is 7.38. The Morgan fingerprint density at radius 2 is 1.75 bits per heavy atom. The van der Waals surface area contributed by atoms with E-state index in [2.05, 4.69) is 22.3 Å². The lowest BCUT2D eigenvalue weighted by molar-refractivity contribution is 0.277. The van der Waals surface area contributed by atoms with Gasteiger partial charge in [-0.25, -0.2) is 4.39 Å². The number of nitrogens with zero attached hydrogens (tertiary/aromatic N) is 1. The van der Waals surface area contributed by atoms with Crippen molar-refractivity contribution in [2.24, 2.45) is 0 Å². The minimum atomic E-state index is -0.287. The molecule has 1 aliphatic rings. The van der Waals surface area contributed by atoms with Crippen LogP contribution < -0.4 is 19.7 Å².